The number of aromatic nitrogens is 3. The van der Waals surface area contributed by atoms with E-state index in [4.69, 9.17) is 9.82 Å². The van der Waals surface area contributed by atoms with Crippen LogP contribution in [0.4, 0.5) is 5.69 Å². The number of pyridine rings is 1. The van der Waals surface area contributed by atoms with Gasteiger partial charge in [-0.15, -0.1) is 0 Å². The van der Waals surface area contributed by atoms with Crippen LogP contribution in [0.15, 0.2) is 11.4 Å². The minimum atomic E-state index is -1.11. The van der Waals surface area contributed by atoms with E-state index in [9.17, 15) is 19.5 Å². The molecule has 0 bridgehead atoms. The minimum Gasteiger partial charge on any atom is -0.481 e. The summed E-state index contributed by atoms with van der Waals surface area (Å²) in [4.78, 5) is 47.3. The Morgan fingerprint density at radius 3 is 2.28 bits per heavy atom. The molecular formula is C27H39N7O5. The van der Waals surface area contributed by atoms with Crippen LogP contribution in [0.25, 0.3) is 11.0 Å². The lowest BCUT2D eigenvalue weighted by atomic mass is 9.85. The molecule has 0 radical (unpaired) electrons. The summed E-state index contributed by atoms with van der Waals surface area (Å²) in [5.74, 6) is -1.48. The first-order valence-corrected chi connectivity index (χ1v) is 13.8. The Balaban J connectivity index is 1.69. The van der Waals surface area contributed by atoms with Gasteiger partial charge in [0.25, 0.3) is 0 Å². The van der Waals surface area contributed by atoms with E-state index >= 15 is 0 Å². The van der Waals surface area contributed by atoms with Crippen molar-refractivity contribution in [1.82, 2.24) is 25.4 Å². The van der Waals surface area contributed by atoms with Crippen LogP contribution in [0, 0.1) is 12.8 Å². The Bertz CT molecular complexity index is 1240. The molecule has 39 heavy (non-hydrogen) atoms. The number of hydrogen-bond acceptors (Lipinski definition) is 8. The van der Waals surface area contributed by atoms with Crippen LogP contribution in [-0.4, -0.2) is 68.1 Å². The van der Waals surface area contributed by atoms with Crippen LogP contribution in [-0.2, 0) is 25.8 Å². The Kier molecular flexibility index (Phi) is 8.71. The van der Waals surface area contributed by atoms with Gasteiger partial charge < -0.3 is 25.9 Å². The summed E-state index contributed by atoms with van der Waals surface area (Å²) in [5, 5.41) is 28.7. The number of carbonyl (C=O) groups is 3. The number of amides is 2. The van der Waals surface area contributed by atoms with Crippen molar-refractivity contribution in [2.24, 2.45) is 11.1 Å². The van der Waals surface area contributed by atoms with E-state index in [1.165, 1.54) is 0 Å². The zero-order valence-corrected chi connectivity index (χ0v) is 23.2. The van der Waals surface area contributed by atoms with E-state index in [2.05, 4.69) is 26.2 Å². The molecule has 1 aliphatic heterocycles. The second-order valence-electron chi connectivity index (χ2n) is 10.4. The lowest BCUT2D eigenvalue weighted by Gasteiger charge is -2.29. The molecule has 1 saturated carbocycles. The maximum atomic E-state index is 12.6. The van der Waals surface area contributed by atoms with Crippen molar-refractivity contribution in [1.29, 1.82) is 0 Å². The summed E-state index contributed by atoms with van der Waals surface area (Å²) >= 11 is 0. The highest BCUT2D eigenvalue weighted by molar-refractivity contribution is 6.11. The third kappa shape index (κ3) is 6.15. The number of fused-ring (bicyclic) bond motifs is 1. The van der Waals surface area contributed by atoms with E-state index in [0.29, 0.717) is 38.2 Å². The van der Waals surface area contributed by atoms with E-state index in [1.54, 1.807) is 6.20 Å². The van der Waals surface area contributed by atoms with Gasteiger partial charge in [0.15, 0.2) is 11.2 Å². The summed E-state index contributed by atoms with van der Waals surface area (Å²) in [6.07, 6.45) is 4.66. The van der Waals surface area contributed by atoms with Gasteiger partial charge in [0, 0.05) is 43.9 Å². The van der Waals surface area contributed by atoms with Crippen molar-refractivity contribution in [2.45, 2.75) is 90.8 Å². The first-order chi connectivity index (χ1) is 18.7. The molecule has 12 heteroatoms. The quantitative estimate of drug-likeness (QED) is 0.338. The molecule has 2 aromatic heterocycles. The van der Waals surface area contributed by atoms with Crippen molar-refractivity contribution < 1.29 is 24.3 Å². The predicted molar refractivity (Wildman–Crippen MR) is 147 cm³/mol. The third-order valence-electron chi connectivity index (χ3n) is 7.52. The molecule has 2 aromatic rings. The molecule has 0 aromatic carbocycles. The molecule has 2 amide bonds. The molecule has 1 aliphatic carbocycles. The third-order valence-corrected chi connectivity index (χ3v) is 7.52. The Hall–Kier alpha value is -3.70. The maximum absolute atomic E-state index is 12.6. The minimum absolute atomic E-state index is 0.00456. The van der Waals surface area contributed by atoms with Gasteiger partial charge in [-0.25, -0.2) is 9.67 Å². The van der Waals surface area contributed by atoms with Crippen molar-refractivity contribution in [3.63, 3.8) is 0 Å². The van der Waals surface area contributed by atoms with Crippen LogP contribution in [0.3, 0.4) is 0 Å². The number of aliphatic carboxylic acids is 1. The number of nitrogens with one attached hydrogen (secondary N) is 3. The number of carboxylic acids is 1. The Morgan fingerprint density at radius 1 is 1.08 bits per heavy atom. The van der Waals surface area contributed by atoms with Crippen molar-refractivity contribution in [3.05, 3.63) is 17.5 Å². The SMILES string of the molecule is CCNC(=O)CC1(CC(=O)NCC)CC(c2cnc3c(c(C)nn3CC)c2NC2CCC(C(=O)O)CC2)=NO1. The van der Waals surface area contributed by atoms with E-state index in [-0.39, 0.29) is 43.0 Å². The largest absolute Gasteiger partial charge is 0.481 e. The summed E-state index contributed by atoms with van der Waals surface area (Å²) in [7, 11) is 0. The average Bonchev–Trinajstić information content (AvgIpc) is 3.45. The first kappa shape index (κ1) is 28.3. The molecule has 12 nitrogen and oxygen atoms in total. The number of rotatable bonds is 11. The molecule has 212 valence electrons. The number of anilines is 1. The topological polar surface area (TPSA) is 160 Å². The van der Waals surface area contributed by atoms with Crippen molar-refractivity contribution >= 4 is 40.2 Å². The highest BCUT2D eigenvalue weighted by Gasteiger charge is 2.44. The lowest BCUT2D eigenvalue weighted by molar-refractivity contribution is -0.143. The molecule has 1 fully saturated rings. The predicted octanol–water partition coefficient (Wildman–Crippen LogP) is 2.73. The van der Waals surface area contributed by atoms with Gasteiger partial charge in [0.05, 0.1) is 41.2 Å². The number of hydrogen-bond donors (Lipinski definition) is 4. The first-order valence-electron chi connectivity index (χ1n) is 13.8. The van der Waals surface area contributed by atoms with Gasteiger partial charge in [-0.1, -0.05) is 5.16 Å². The number of aryl methyl sites for hydroxylation is 2. The van der Waals surface area contributed by atoms with Crippen LogP contribution in [0.2, 0.25) is 0 Å². The van der Waals surface area contributed by atoms with Gasteiger partial charge in [-0.2, -0.15) is 5.10 Å². The van der Waals surface area contributed by atoms with E-state index < -0.39 is 11.6 Å². The van der Waals surface area contributed by atoms with Gasteiger partial charge in [-0.05, 0) is 53.4 Å². The molecule has 0 atom stereocenters. The Morgan fingerprint density at radius 2 is 1.72 bits per heavy atom. The zero-order valence-electron chi connectivity index (χ0n) is 23.2. The molecule has 3 heterocycles. The standard InChI is InChI=1S/C27H39N7O5/c1-5-28-21(35)13-27(14-22(36)29-6-2)12-20(33-39-27)19-15-30-25-23(16(4)32-34(25)7-3)24(19)31-18-10-8-17(9-11-18)26(37)38/h15,17-18H,5-14H2,1-4H3,(H,28,35)(H,29,36)(H,30,31)(H,37,38). The smallest absolute Gasteiger partial charge is 0.306 e. The summed E-state index contributed by atoms with van der Waals surface area (Å²) < 4.78 is 1.85. The molecule has 0 unspecified atom stereocenters. The number of carbonyl (C=O) groups excluding carboxylic acids is 2. The van der Waals surface area contributed by atoms with Gasteiger partial charge >= 0.3 is 5.97 Å². The average molecular weight is 542 g/mol. The normalized spacial score (nSPS) is 20.3. The van der Waals surface area contributed by atoms with Gasteiger partial charge in [0.2, 0.25) is 11.8 Å². The fourth-order valence-corrected chi connectivity index (χ4v) is 5.62. The molecule has 4 N–H and O–H groups in total. The molecule has 0 spiro atoms. The van der Waals surface area contributed by atoms with Crippen LogP contribution in [0.1, 0.15) is 77.0 Å². The highest BCUT2D eigenvalue weighted by Crippen LogP contribution is 2.38. The highest BCUT2D eigenvalue weighted by atomic mass is 16.7. The second kappa shape index (κ2) is 12.0. The fourth-order valence-electron chi connectivity index (χ4n) is 5.62. The molecule has 4 rings (SSSR count). The second-order valence-corrected chi connectivity index (χ2v) is 10.4. The Labute approximate surface area is 227 Å². The number of nitrogens with zero attached hydrogens (tertiary/aromatic N) is 4. The molecular weight excluding hydrogens is 502 g/mol. The van der Waals surface area contributed by atoms with Crippen molar-refractivity contribution in [3.8, 4) is 0 Å². The maximum Gasteiger partial charge on any atom is 0.306 e. The zero-order chi connectivity index (χ0) is 28.2. The van der Waals surface area contributed by atoms with Crippen LogP contribution >= 0.6 is 0 Å². The monoisotopic (exact) mass is 541 g/mol. The van der Waals surface area contributed by atoms with Gasteiger partial charge in [-0.3, -0.25) is 14.4 Å². The van der Waals surface area contributed by atoms with Crippen molar-refractivity contribution in [2.75, 3.05) is 18.4 Å². The van der Waals surface area contributed by atoms with Crippen LogP contribution < -0.4 is 16.0 Å². The van der Waals surface area contributed by atoms with Crippen LogP contribution in [0.5, 0.6) is 0 Å². The van der Waals surface area contributed by atoms with E-state index in [0.717, 1.165) is 40.8 Å². The lowest BCUT2D eigenvalue weighted by Crippen LogP contribution is -2.41. The molecule has 0 saturated heterocycles. The van der Waals surface area contributed by atoms with Gasteiger partial charge in [0.1, 0.15) is 0 Å². The molecule has 2 aliphatic rings. The summed E-state index contributed by atoms with van der Waals surface area (Å²) in [5.41, 5.74) is 2.61. The summed E-state index contributed by atoms with van der Waals surface area (Å²) in [6, 6.07) is 0.0765. The fraction of sp³-hybridized carbons (Fsp3) is 0.630. The number of oxime groups is 1. The van der Waals surface area contributed by atoms with E-state index in [1.807, 2.05) is 32.4 Å². The summed E-state index contributed by atoms with van der Waals surface area (Å²) in [6.45, 7) is 9.24. The number of carboxylic acid groups (broad SMARTS) is 1.